The Morgan fingerprint density at radius 1 is 1.33 bits per heavy atom. The Hall–Kier alpha value is -2.81. The number of imide groups is 1. The van der Waals surface area contributed by atoms with Crippen LogP contribution in [0.25, 0.3) is 0 Å². The molecule has 4 amide bonds. The van der Waals surface area contributed by atoms with Crippen LogP contribution < -0.4 is 20.1 Å². The second-order valence-corrected chi connectivity index (χ2v) is 6.92. The number of carbonyl (C=O) groups is 3. The van der Waals surface area contributed by atoms with Gasteiger partial charge in [-0.1, -0.05) is 19.9 Å². The minimum atomic E-state index is -0.919. The Morgan fingerprint density at radius 2 is 2.07 bits per heavy atom. The molecule has 1 saturated heterocycles. The van der Waals surface area contributed by atoms with Gasteiger partial charge in [0.25, 0.3) is 5.91 Å². The molecule has 3 N–H and O–H groups in total. The van der Waals surface area contributed by atoms with E-state index in [-0.39, 0.29) is 32.3 Å². The summed E-state index contributed by atoms with van der Waals surface area (Å²) in [5, 5.41) is 14.5. The summed E-state index contributed by atoms with van der Waals surface area (Å²) in [5.41, 5.74) is 0.716. The number of nitrogens with one attached hydrogen (secondary N) is 2. The minimum absolute atomic E-state index is 0.0512. The summed E-state index contributed by atoms with van der Waals surface area (Å²) in [6, 6.07) is 3.34. The molecular formula is C18H23N3O6. The molecule has 1 aromatic carbocycles. The molecule has 0 aromatic heterocycles. The van der Waals surface area contributed by atoms with Crippen LogP contribution in [0.2, 0.25) is 0 Å². The van der Waals surface area contributed by atoms with Gasteiger partial charge in [0.15, 0.2) is 11.5 Å². The van der Waals surface area contributed by atoms with E-state index in [0.717, 1.165) is 4.90 Å². The van der Waals surface area contributed by atoms with E-state index in [2.05, 4.69) is 10.6 Å². The van der Waals surface area contributed by atoms with E-state index in [1.807, 2.05) is 13.8 Å². The lowest BCUT2D eigenvalue weighted by atomic mass is 10.0. The third kappa shape index (κ3) is 4.13. The standard InChI is InChI=1S/C18H23N3O6/c1-10(2)13(8-22)19-16(23)6-12-17(24)21(18(25)20-12)7-11-3-4-14-15(5-11)27-9-26-14/h3-5,10,12-13,22H,6-9H2,1-2H3,(H,19,23)(H,20,25)/t12-,13-/m0/s1. The molecule has 0 aliphatic carbocycles. The van der Waals surface area contributed by atoms with Gasteiger partial charge in [0.2, 0.25) is 12.7 Å². The molecule has 2 aliphatic heterocycles. The topological polar surface area (TPSA) is 117 Å². The number of benzene rings is 1. The molecule has 3 rings (SSSR count). The maximum atomic E-state index is 12.5. The number of fused-ring (bicyclic) bond motifs is 1. The lowest BCUT2D eigenvalue weighted by molar-refractivity contribution is -0.131. The van der Waals surface area contributed by atoms with Crippen molar-refractivity contribution in [3.63, 3.8) is 0 Å². The fourth-order valence-electron chi connectivity index (χ4n) is 2.96. The van der Waals surface area contributed by atoms with Gasteiger partial charge in [-0.15, -0.1) is 0 Å². The zero-order chi connectivity index (χ0) is 19.6. The molecule has 0 saturated carbocycles. The average molecular weight is 377 g/mol. The Morgan fingerprint density at radius 3 is 2.78 bits per heavy atom. The molecule has 1 fully saturated rings. The first-order valence-electron chi connectivity index (χ1n) is 8.79. The Labute approximate surface area is 156 Å². The van der Waals surface area contributed by atoms with Gasteiger partial charge in [-0.25, -0.2) is 4.79 Å². The van der Waals surface area contributed by atoms with Gasteiger partial charge in [-0.3, -0.25) is 14.5 Å². The van der Waals surface area contributed by atoms with Crippen molar-refractivity contribution in [2.75, 3.05) is 13.4 Å². The number of hydrogen-bond acceptors (Lipinski definition) is 6. The normalized spacial score (nSPS) is 19.4. The summed E-state index contributed by atoms with van der Waals surface area (Å²) in [4.78, 5) is 37.9. The second-order valence-electron chi connectivity index (χ2n) is 6.92. The van der Waals surface area contributed by atoms with E-state index < -0.39 is 29.9 Å². The average Bonchev–Trinajstić information content (AvgIpc) is 3.19. The zero-order valence-corrected chi connectivity index (χ0v) is 15.2. The van der Waals surface area contributed by atoms with E-state index in [9.17, 15) is 19.5 Å². The van der Waals surface area contributed by atoms with Crippen LogP contribution in [0.3, 0.4) is 0 Å². The summed E-state index contributed by atoms with van der Waals surface area (Å²) in [7, 11) is 0. The number of hydrogen-bond donors (Lipinski definition) is 3. The van der Waals surface area contributed by atoms with Crippen LogP contribution in [-0.4, -0.2) is 53.3 Å². The van der Waals surface area contributed by atoms with Crippen LogP contribution in [0.1, 0.15) is 25.8 Å². The number of urea groups is 1. The third-order valence-corrected chi connectivity index (χ3v) is 4.62. The predicted molar refractivity (Wildman–Crippen MR) is 93.9 cm³/mol. The van der Waals surface area contributed by atoms with Gasteiger partial charge in [0.05, 0.1) is 25.6 Å². The van der Waals surface area contributed by atoms with Crippen LogP contribution in [0.5, 0.6) is 11.5 Å². The number of aliphatic hydroxyl groups excluding tert-OH is 1. The van der Waals surface area contributed by atoms with Gasteiger partial charge in [-0.2, -0.15) is 0 Å². The van der Waals surface area contributed by atoms with Gasteiger partial charge >= 0.3 is 6.03 Å². The molecule has 0 unspecified atom stereocenters. The maximum absolute atomic E-state index is 12.5. The molecule has 0 bridgehead atoms. The lowest BCUT2D eigenvalue weighted by Gasteiger charge is -2.20. The first kappa shape index (κ1) is 19.0. The Balaban J connectivity index is 1.60. The summed E-state index contributed by atoms with van der Waals surface area (Å²) in [6.07, 6.45) is -0.175. The molecule has 9 heteroatoms. The van der Waals surface area contributed by atoms with Crippen LogP contribution in [0, 0.1) is 5.92 Å². The van der Waals surface area contributed by atoms with Crippen LogP contribution >= 0.6 is 0 Å². The van der Waals surface area contributed by atoms with Gasteiger partial charge in [0, 0.05) is 0 Å². The predicted octanol–water partition coefficient (Wildman–Crippen LogP) is 0.359. The molecule has 2 heterocycles. The monoisotopic (exact) mass is 377 g/mol. The van der Waals surface area contributed by atoms with E-state index >= 15 is 0 Å². The Kier molecular flexibility index (Phi) is 5.50. The number of amides is 4. The van der Waals surface area contributed by atoms with Crippen LogP contribution in [-0.2, 0) is 16.1 Å². The van der Waals surface area contributed by atoms with Crippen molar-refractivity contribution in [3.8, 4) is 11.5 Å². The molecule has 9 nitrogen and oxygen atoms in total. The molecular weight excluding hydrogens is 354 g/mol. The van der Waals surface area contributed by atoms with Crippen molar-refractivity contribution < 1.29 is 29.0 Å². The SMILES string of the molecule is CC(C)[C@H](CO)NC(=O)C[C@@H]1NC(=O)N(Cc2ccc3c(c2)OCO3)C1=O. The second kappa shape index (κ2) is 7.83. The largest absolute Gasteiger partial charge is 0.454 e. The first-order chi connectivity index (χ1) is 12.9. The van der Waals surface area contributed by atoms with Crippen molar-refractivity contribution in [2.24, 2.45) is 5.92 Å². The number of aliphatic hydroxyl groups is 1. The van der Waals surface area contributed by atoms with E-state index in [1.165, 1.54) is 0 Å². The van der Waals surface area contributed by atoms with Crippen molar-refractivity contribution in [1.29, 1.82) is 0 Å². The van der Waals surface area contributed by atoms with Crippen molar-refractivity contribution in [1.82, 2.24) is 15.5 Å². The Bertz CT molecular complexity index is 751. The number of nitrogens with zero attached hydrogens (tertiary/aromatic N) is 1. The highest BCUT2D eigenvalue weighted by Gasteiger charge is 2.39. The fraction of sp³-hybridized carbons (Fsp3) is 0.500. The summed E-state index contributed by atoms with van der Waals surface area (Å²) in [6.45, 7) is 3.77. The smallest absolute Gasteiger partial charge is 0.325 e. The minimum Gasteiger partial charge on any atom is -0.454 e. The number of rotatable bonds is 7. The van der Waals surface area contributed by atoms with Crippen LogP contribution in [0.4, 0.5) is 4.79 Å². The van der Waals surface area contributed by atoms with Gasteiger partial charge in [0.1, 0.15) is 6.04 Å². The summed E-state index contributed by atoms with van der Waals surface area (Å²) >= 11 is 0. The van der Waals surface area contributed by atoms with Gasteiger partial charge in [-0.05, 0) is 23.6 Å². The number of ether oxygens (including phenoxy) is 2. The van der Waals surface area contributed by atoms with Gasteiger partial charge < -0.3 is 25.2 Å². The highest BCUT2D eigenvalue weighted by atomic mass is 16.7. The molecule has 0 radical (unpaired) electrons. The van der Waals surface area contributed by atoms with Crippen molar-refractivity contribution >= 4 is 17.8 Å². The summed E-state index contributed by atoms with van der Waals surface area (Å²) < 4.78 is 10.5. The van der Waals surface area contributed by atoms with E-state index in [1.54, 1.807) is 18.2 Å². The van der Waals surface area contributed by atoms with Crippen LogP contribution in [0.15, 0.2) is 18.2 Å². The highest BCUT2D eigenvalue weighted by molar-refractivity contribution is 6.05. The third-order valence-electron chi connectivity index (χ3n) is 4.62. The molecule has 146 valence electrons. The van der Waals surface area contributed by atoms with Crippen molar-refractivity contribution in [3.05, 3.63) is 23.8 Å². The molecule has 27 heavy (non-hydrogen) atoms. The lowest BCUT2D eigenvalue weighted by Crippen LogP contribution is -2.44. The summed E-state index contributed by atoms with van der Waals surface area (Å²) in [5.74, 6) is 0.382. The molecule has 2 aliphatic rings. The number of carbonyl (C=O) groups excluding carboxylic acids is 3. The van der Waals surface area contributed by atoms with E-state index in [0.29, 0.717) is 17.1 Å². The molecule has 1 aromatic rings. The first-order valence-corrected chi connectivity index (χ1v) is 8.79. The highest BCUT2D eigenvalue weighted by Crippen LogP contribution is 2.33. The quantitative estimate of drug-likeness (QED) is 0.591. The maximum Gasteiger partial charge on any atom is 0.325 e. The van der Waals surface area contributed by atoms with E-state index in [4.69, 9.17) is 9.47 Å². The molecule has 2 atom stereocenters. The molecule has 0 spiro atoms. The fourth-order valence-corrected chi connectivity index (χ4v) is 2.96. The zero-order valence-electron chi connectivity index (χ0n) is 15.2. The van der Waals surface area contributed by atoms with Crippen molar-refractivity contribution in [2.45, 2.75) is 38.9 Å².